The second kappa shape index (κ2) is 10.7. The predicted octanol–water partition coefficient (Wildman–Crippen LogP) is 4.46. The molecule has 0 heterocycles. The maximum atomic E-state index is 12.3. The van der Waals surface area contributed by atoms with E-state index in [9.17, 15) is 9.59 Å². The van der Waals surface area contributed by atoms with E-state index in [0.717, 1.165) is 11.3 Å². The quantitative estimate of drug-likeness (QED) is 0.532. The van der Waals surface area contributed by atoms with Crippen molar-refractivity contribution in [3.63, 3.8) is 0 Å². The van der Waals surface area contributed by atoms with Crippen molar-refractivity contribution >= 4 is 17.6 Å². The van der Waals surface area contributed by atoms with Gasteiger partial charge in [-0.2, -0.15) is 0 Å². The van der Waals surface area contributed by atoms with Crippen LogP contribution >= 0.6 is 0 Å². The molecule has 1 N–H and O–H groups in total. The van der Waals surface area contributed by atoms with Crippen molar-refractivity contribution in [1.29, 1.82) is 0 Å². The topological polar surface area (TPSA) is 73.9 Å². The zero-order valence-electron chi connectivity index (χ0n) is 16.7. The summed E-state index contributed by atoms with van der Waals surface area (Å²) in [7, 11) is 0. The van der Waals surface area contributed by atoms with Gasteiger partial charge in [-0.1, -0.05) is 36.4 Å². The van der Waals surface area contributed by atoms with Gasteiger partial charge in [0.05, 0.1) is 12.2 Å². The second-order valence-corrected chi connectivity index (χ2v) is 6.38. The molecule has 0 aliphatic rings. The molecule has 6 nitrogen and oxygen atoms in total. The van der Waals surface area contributed by atoms with Gasteiger partial charge >= 0.3 is 5.97 Å². The predicted molar refractivity (Wildman–Crippen MR) is 114 cm³/mol. The smallest absolute Gasteiger partial charge is 0.338 e. The van der Waals surface area contributed by atoms with Gasteiger partial charge in [0.15, 0.2) is 6.61 Å². The number of rotatable bonds is 9. The number of ether oxygens (including phenoxy) is 3. The van der Waals surface area contributed by atoms with Crippen molar-refractivity contribution in [3.8, 4) is 11.5 Å². The Morgan fingerprint density at radius 3 is 2.33 bits per heavy atom. The Morgan fingerprint density at radius 2 is 1.60 bits per heavy atom. The zero-order valence-corrected chi connectivity index (χ0v) is 16.7. The Morgan fingerprint density at radius 1 is 0.833 bits per heavy atom. The van der Waals surface area contributed by atoms with Crippen LogP contribution in [0.15, 0.2) is 78.9 Å². The molecule has 0 fully saturated rings. The van der Waals surface area contributed by atoms with Crippen LogP contribution in [0.25, 0.3) is 0 Å². The molecule has 154 valence electrons. The van der Waals surface area contributed by atoms with E-state index in [4.69, 9.17) is 14.2 Å². The summed E-state index contributed by atoms with van der Waals surface area (Å²) in [5, 5.41) is 2.67. The Balaban J connectivity index is 1.48. The summed E-state index contributed by atoms with van der Waals surface area (Å²) in [6, 6.07) is 23.4. The average molecular weight is 405 g/mol. The molecular weight excluding hydrogens is 382 g/mol. The molecule has 0 unspecified atom stereocenters. The Kier molecular flexibility index (Phi) is 7.44. The van der Waals surface area contributed by atoms with Crippen molar-refractivity contribution < 1.29 is 23.8 Å². The molecule has 0 spiro atoms. The van der Waals surface area contributed by atoms with Crippen LogP contribution in [0.3, 0.4) is 0 Å². The van der Waals surface area contributed by atoms with Crippen molar-refractivity contribution in [2.75, 3.05) is 18.5 Å². The number of carbonyl (C=O) groups excluding carboxylic acids is 2. The van der Waals surface area contributed by atoms with Gasteiger partial charge in [0, 0.05) is 5.69 Å². The first kappa shape index (κ1) is 20.9. The highest BCUT2D eigenvalue weighted by Gasteiger charge is 2.11. The minimum atomic E-state index is -0.595. The molecule has 0 aromatic heterocycles. The molecule has 0 aliphatic carbocycles. The van der Waals surface area contributed by atoms with Crippen LogP contribution in [-0.4, -0.2) is 25.1 Å². The van der Waals surface area contributed by atoms with Gasteiger partial charge in [0.1, 0.15) is 18.1 Å². The third-order valence-corrected chi connectivity index (χ3v) is 4.10. The first-order chi connectivity index (χ1) is 14.6. The van der Waals surface area contributed by atoms with Crippen LogP contribution in [0.5, 0.6) is 11.5 Å². The van der Waals surface area contributed by atoms with Gasteiger partial charge in [-0.15, -0.1) is 0 Å². The summed E-state index contributed by atoms with van der Waals surface area (Å²) >= 11 is 0. The Labute approximate surface area is 175 Å². The van der Waals surface area contributed by atoms with Gasteiger partial charge in [0.2, 0.25) is 0 Å². The van der Waals surface area contributed by atoms with E-state index >= 15 is 0 Å². The van der Waals surface area contributed by atoms with E-state index < -0.39 is 11.9 Å². The highest BCUT2D eigenvalue weighted by atomic mass is 16.5. The molecular formula is C24H23NO5. The van der Waals surface area contributed by atoms with E-state index in [-0.39, 0.29) is 6.61 Å². The number of hydrogen-bond acceptors (Lipinski definition) is 5. The lowest BCUT2D eigenvalue weighted by atomic mass is 10.2. The van der Waals surface area contributed by atoms with E-state index in [1.165, 1.54) is 0 Å². The largest absolute Gasteiger partial charge is 0.494 e. The second-order valence-electron chi connectivity index (χ2n) is 6.38. The normalized spacial score (nSPS) is 10.2. The molecule has 6 heteroatoms. The minimum absolute atomic E-state index is 0.314. The summed E-state index contributed by atoms with van der Waals surface area (Å²) < 4.78 is 16.2. The van der Waals surface area contributed by atoms with E-state index in [2.05, 4.69) is 5.32 Å². The van der Waals surface area contributed by atoms with Crippen LogP contribution < -0.4 is 14.8 Å². The summed E-state index contributed by atoms with van der Waals surface area (Å²) in [5.41, 5.74) is 1.93. The minimum Gasteiger partial charge on any atom is -0.494 e. The fourth-order valence-corrected chi connectivity index (χ4v) is 2.67. The highest BCUT2D eigenvalue weighted by Crippen LogP contribution is 2.17. The first-order valence-corrected chi connectivity index (χ1v) is 9.60. The summed E-state index contributed by atoms with van der Waals surface area (Å²) in [5.74, 6) is 0.245. The van der Waals surface area contributed by atoms with Crippen LogP contribution in [0.1, 0.15) is 22.8 Å². The highest BCUT2D eigenvalue weighted by molar-refractivity contribution is 5.95. The Hall–Kier alpha value is -3.80. The fraction of sp³-hybridized carbons (Fsp3) is 0.167. The van der Waals surface area contributed by atoms with E-state index in [1.807, 2.05) is 37.3 Å². The molecule has 0 saturated heterocycles. The van der Waals surface area contributed by atoms with Gasteiger partial charge in [-0.05, 0) is 55.0 Å². The van der Waals surface area contributed by atoms with Gasteiger partial charge in [-0.25, -0.2) is 4.79 Å². The molecule has 0 bridgehead atoms. The number of esters is 1. The zero-order chi connectivity index (χ0) is 21.2. The van der Waals surface area contributed by atoms with Crippen LogP contribution in [0.2, 0.25) is 0 Å². The lowest BCUT2D eigenvalue weighted by Gasteiger charge is -2.09. The number of benzene rings is 3. The third kappa shape index (κ3) is 6.38. The summed E-state index contributed by atoms with van der Waals surface area (Å²) in [6.45, 7) is 2.47. The molecule has 0 aliphatic heterocycles. The lowest BCUT2D eigenvalue weighted by Crippen LogP contribution is -2.20. The van der Waals surface area contributed by atoms with E-state index in [1.54, 1.807) is 48.5 Å². The Bertz CT molecular complexity index is 970. The van der Waals surface area contributed by atoms with Gasteiger partial charge < -0.3 is 19.5 Å². The van der Waals surface area contributed by atoms with Crippen LogP contribution in [0, 0.1) is 0 Å². The third-order valence-electron chi connectivity index (χ3n) is 4.10. The first-order valence-electron chi connectivity index (χ1n) is 9.60. The van der Waals surface area contributed by atoms with Crippen molar-refractivity contribution in [1.82, 2.24) is 0 Å². The number of hydrogen-bond donors (Lipinski definition) is 1. The molecule has 3 aromatic carbocycles. The molecule has 0 saturated carbocycles. The molecule has 3 aromatic rings. The monoisotopic (exact) mass is 405 g/mol. The lowest BCUT2D eigenvalue weighted by molar-refractivity contribution is -0.119. The maximum Gasteiger partial charge on any atom is 0.338 e. The number of amides is 1. The SMILES string of the molecule is CCOc1ccc(NC(=O)COC(=O)c2cccc(OCc3ccccc3)c2)cc1. The number of nitrogens with one attached hydrogen (secondary N) is 1. The number of anilines is 1. The fourth-order valence-electron chi connectivity index (χ4n) is 2.67. The standard InChI is InChI=1S/C24H23NO5/c1-2-28-21-13-11-20(12-14-21)25-23(26)17-30-24(27)19-9-6-10-22(15-19)29-16-18-7-4-3-5-8-18/h3-15H,2,16-17H2,1H3,(H,25,26). The molecule has 0 atom stereocenters. The maximum absolute atomic E-state index is 12.3. The molecule has 3 rings (SSSR count). The molecule has 0 radical (unpaired) electrons. The average Bonchev–Trinajstić information content (AvgIpc) is 2.78. The van der Waals surface area contributed by atoms with Gasteiger partial charge in [0.25, 0.3) is 5.91 Å². The summed E-state index contributed by atoms with van der Waals surface area (Å²) in [6.07, 6.45) is 0. The molecule has 30 heavy (non-hydrogen) atoms. The van der Waals surface area contributed by atoms with Crippen molar-refractivity contribution in [2.24, 2.45) is 0 Å². The summed E-state index contributed by atoms with van der Waals surface area (Å²) in [4.78, 5) is 24.3. The van der Waals surface area contributed by atoms with Gasteiger partial charge in [-0.3, -0.25) is 4.79 Å². The van der Waals surface area contributed by atoms with E-state index in [0.29, 0.717) is 30.2 Å². The van der Waals surface area contributed by atoms with Crippen molar-refractivity contribution in [3.05, 3.63) is 90.0 Å². The molecule has 1 amide bonds. The van der Waals surface area contributed by atoms with Crippen molar-refractivity contribution in [2.45, 2.75) is 13.5 Å². The van der Waals surface area contributed by atoms with Crippen LogP contribution in [0.4, 0.5) is 5.69 Å². The number of carbonyl (C=O) groups is 2. The van der Waals surface area contributed by atoms with Crippen LogP contribution in [-0.2, 0) is 16.1 Å².